The minimum absolute atomic E-state index is 0.0374. The van der Waals surface area contributed by atoms with E-state index in [9.17, 15) is 4.79 Å². The predicted molar refractivity (Wildman–Crippen MR) is 84.5 cm³/mol. The van der Waals surface area contributed by atoms with Gasteiger partial charge < -0.3 is 9.73 Å². The smallest absolute Gasteiger partial charge is 0.217 e. The summed E-state index contributed by atoms with van der Waals surface area (Å²) in [7, 11) is 0. The standard InChI is InChI=1S/C16H23N5O2/c1-11(2)16-18-14(10-23-16)8-20-4-5-21-15(9-20)6-13(19-21)7-17-12(3)22/h6,10-11H,4-5,7-9H2,1-3H3,(H,17,22). The van der Waals surface area contributed by atoms with E-state index < -0.39 is 0 Å². The summed E-state index contributed by atoms with van der Waals surface area (Å²) in [6.45, 7) is 9.54. The fourth-order valence-electron chi connectivity index (χ4n) is 2.71. The number of carbonyl (C=O) groups is 1. The van der Waals surface area contributed by atoms with Gasteiger partial charge in [-0.25, -0.2) is 4.98 Å². The maximum Gasteiger partial charge on any atom is 0.217 e. The van der Waals surface area contributed by atoms with Gasteiger partial charge in [0.1, 0.15) is 6.26 Å². The summed E-state index contributed by atoms with van der Waals surface area (Å²) < 4.78 is 7.52. The third kappa shape index (κ3) is 3.79. The third-order valence-corrected chi connectivity index (χ3v) is 3.90. The van der Waals surface area contributed by atoms with Crippen LogP contribution in [0.3, 0.4) is 0 Å². The molecular weight excluding hydrogens is 294 g/mol. The van der Waals surface area contributed by atoms with Crippen molar-refractivity contribution in [1.29, 1.82) is 0 Å². The zero-order valence-electron chi connectivity index (χ0n) is 13.9. The Balaban J connectivity index is 1.61. The molecule has 0 saturated heterocycles. The highest BCUT2D eigenvalue weighted by Crippen LogP contribution is 2.18. The zero-order valence-corrected chi connectivity index (χ0v) is 13.9. The Kier molecular flexibility index (Phi) is 4.47. The van der Waals surface area contributed by atoms with Crippen molar-refractivity contribution >= 4 is 5.91 Å². The van der Waals surface area contributed by atoms with Crippen LogP contribution in [0.4, 0.5) is 0 Å². The first-order chi connectivity index (χ1) is 11.0. The van der Waals surface area contributed by atoms with Crippen molar-refractivity contribution in [2.75, 3.05) is 6.54 Å². The van der Waals surface area contributed by atoms with Crippen LogP contribution in [0.2, 0.25) is 0 Å². The predicted octanol–water partition coefficient (Wildman–Crippen LogP) is 1.65. The first-order valence-corrected chi connectivity index (χ1v) is 7.98. The van der Waals surface area contributed by atoms with Crippen molar-refractivity contribution in [3.05, 3.63) is 35.3 Å². The summed E-state index contributed by atoms with van der Waals surface area (Å²) in [6.07, 6.45) is 1.75. The van der Waals surface area contributed by atoms with E-state index in [4.69, 9.17) is 4.42 Å². The van der Waals surface area contributed by atoms with Crippen molar-refractivity contribution in [3.63, 3.8) is 0 Å². The number of rotatable bonds is 5. The van der Waals surface area contributed by atoms with Gasteiger partial charge in [-0.1, -0.05) is 13.8 Å². The quantitative estimate of drug-likeness (QED) is 0.907. The molecule has 7 heteroatoms. The van der Waals surface area contributed by atoms with E-state index in [1.807, 2.05) is 4.68 Å². The second-order valence-corrected chi connectivity index (χ2v) is 6.30. The second-order valence-electron chi connectivity index (χ2n) is 6.30. The number of hydrogen-bond acceptors (Lipinski definition) is 5. The van der Waals surface area contributed by atoms with Crippen LogP contribution in [0.15, 0.2) is 16.7 Å². The Morgan fingerprint density at radius 2 is 2.22 bits per heavy atom. The van der Waals surface area contributed by atoms with Crippen molar-refractivity contribution in [3.8, 4) is 0 Å². The molecule has 1 aliphatic rings. The number of hydrogen-bond donors (Lipinski definition) is 1. The molecule has 1 N–H and O–H groups in total. The van der Waals surface area contributed by atoms with Gasteiger partial charge in [0.25, 0.3) is 0 Å². The summed E-state index contributed by atoms with van der Waals surface area (Å²) in [5, 5.41) is 7.32. The van der Waals surface area contributed by atoms with Crippen LogP contribution < -0.4 is 5.32 Å². The van der Waals surface area contributed by atoms with Crippen LogP contribution in [0, 0.1) is 0 Å². The lowest BCUT2D eigenvalue weighted by Gasteiger charge is -2.26. The van der Waals surface area contributed by atoms with Gasteiger partial charge in [0, 0.05) is 32.5 Å². The lowest BCUT2D eigenvalue weighted by atomic mass is 10.2. The molecule has 0 aromatic carbocycles. The lowest BCUT2D eigenvalue weighted by molar-refractivity contribution is -0.119. The SMILES string of the molecule is CC(=O)NCc1cc2n(n1)CCN(Cc1coc(C(C)C)n1)C2. The molecule has 3 rings (SSSR count). The van der Waals surface area contributed by atoms with Gasteiger partial charge in [0.2, 0.25) is 5.91 Å². The molecular formula is C16H23N5O2. The van der Waals surface area contributed by atoms with E-state index in [-0.39, 0.29) is 5.91 Å². The second kappa shape index (κ2) is 6.54. The summed E-state index contributed by atoms with van der Waals surface area (Å²) in [6, 6.07) is 2.06. The number of fused-ring (bicyclic) bond motifs is 1. The van der Waals surface area contributed by atoms with E-state index in [1.165, 1.54) is 12.6 Å². The molecule has 7 nitrogen and oxygen atoms in total. The summed E-state index contributed by atoms with van der Waals surface area (Å²) in [4.78, 5) is 17.9. The Morgan fingerprint density at radius 1 is 1.39 bits per heavy atom. The van der Waals surface area contributed by atoms with Crippen molar-refractivity contribution in [1.82, 2.24) is 25.0 Å². The Labute approximate surface area is 135 Å². The molecule has 0 aliphatic carbocycles. The number of nitrogens with one attached hydrogen (secondary N) is 1. The molecule has 0 unspecified atom stereocenters. The van der Waals surface area contributed by atoms with E-state index in [0.29, 0.717) is 12.5 Å². The molecule has 2 aromatic heterocycles. The van der Waals surface area contributed by atoms with E-state index in [2.05, 4.69) is 40.2 Å². The minimum atomic E-state index is -0.0374. The van der Waals surface area contributed by atoms with Crippen LogP contribution in [-0.4, -0.2) is 32.1 Å². The molecule has 0 atom stereocenters. The van der Waals surface area contributed by atoms with Gasteiger partial charge in [-0.3, -0.25) is 14.4 Å². The number of oxazole rings is 1. The van der Waals surface area contributed by atoms with E-state index in [0.717, 1.165) is 43.5 Å². The Hall–Kier alpha value is -2.15. The molecule has 0 fully saturated rings. The van der Waals surface area contributed by atoms with Crippen molar-refractivity contribution < 1.29 is 9.21 Å². The van der Waals surface area contributed by atoms with Crippen molar-refractivity contribution in [2.45, 2.75) is 52.9 Å². The largest absolute Gasteiger partial charge is 0.448 e. The fraction of sp³-hybridized carbons (Fsp3) is 0.562. The molecule has 124 valence electrons. The van der Waals surface area contributed by atoms with Crippen LogP contribution in [0.1, 0.15) is 49.7 Å². The van der Waals surface area contributed by atoms with Gasteiger partial charge in [-0.05, 0) is 6.07 Å². The first-order valence-electron chi connectivity index (χ1n) is 7.98. The Bertz CT molecular complexity index is 688. The average molecular weight is 317 g/mol. The molecule has 1 aliphatic heterocycles. The molecule has 1 amide bonds. The van der Waals surface area contributed by atoms with Gasteiger partial charge in [0.15, 0.2) is 5.89 Å². The van der Waals surface area contributed by atoms with Gasteiger partial charge >= 0.3 is 0 Å². The van der Waals surface area contributed by atoms with Crippen LogP contribution >= 0.6 is 0 Å². The first kappa shape index (κ1) is 15.7. The topological polar surface area (TPSA) is 76.2 Å². The van der Waals surface area contributed by atoms with E-state index >= 15 is 0 Å². The monoisotopic (exact) mass is 317 g/mol. The Morgan fingerprint density at radius 3 is 2.91 bits per heavy atom. The van der Waals surface area contributed by atoms with Crippen LogP contribution in [-0.2, 0) is 31.0 Å². The average Bonchev–Trinajstić information content (AvgIpc) is 3.11. The molecule has 3 heterocycles. The minimum Gasteiger partial charge on any atom is -0.448 e. The maximum absolute atomic E-state index is 11.0. The molecule has 0 bridgehead atoms. The third-order valence-electron chi connectivity index (χ3n) is 3.90. The highest BCUT2D eigenvalue weighted by atomic mass is 16.3. The number of amides is 1. The molecule has 0 radical (unpaired) electrons. The molecule has 0 saturated carbocycles. The summed E-state index contributed by atoms with van der Waals surface area (Å²) >= 11 is 0. The fourth-order valence-corrected chi connectivity index (χ4v) is 2.71. The van der Waals surface area contributed by atoms with Gasteiger partial charge in [0.05, 0.1) is 30.2 Å². The summed E-state index contributed by atoms with van der Waals surface area (Å²) in [5.41, 5.74) is 3.05. The molecule has 23 heavy (non-hydrogen) atoms. The lowest BCUT2D eigenvalue weighted by Crippen LogP contribution is -2.33. The zero-order chi connectivity index (χ0) is 16.4. The number of nitrogens with zero attached hydrogens (tertiary/aromatic N) is 4. The molecule has 2 aromatic rings. The number of carbonyl (C=O) groups excluding carboxylic acids is 1. The molecule has 0 spiro atoms. The number of aromatic nitrogens is 3. The highest BCUT2D eigenvalue weighted by molar-refractivity contribution is 5.72. The van der Waals surface area contributed by atoms with Crippen molar-refractivity contribution in [2.24, 2.45) is 0 Å². The van der Waals surface area contributed by atoms with Gasteiger partial charge in [-0.2, -0.15) is 5.10 Å². The van der Waals surface area contributed by atoms with E-state index in [1.54, 1.807) is 6.26 Å². The summed E-state index contributed by atoms with van der Waals surface area (Å²) in [5.74, 6) is 1.06. The highest BCUT2D eigenvalue weighted by Gasteiger charge is 2.20. The van der Waals surface area contributed by atoms with Crippen LogP contribution in [0.25, 0.3) is 0 Å². The normalized spacial score (nSPS) is 15.0. The van der Waals surface area contributed by atoms with Crippen LogP contribution in [0.5, 0.6) is 0 Å². The van der Waals surface area contributed by atoms with Gasteiger partial charge in [-0.15, -0.1) is 0 Å². The maximum atomic E-state index is 11.0.